The van der Waals surface area contributed by atoms with Gasteiger partial charge in [-0.15, -0.1) is 0 Å². The Morgan fingerprint density at radius 2 is 1.89 bits per heavy atom. The van der Waals surface area contributed by atoms with Gasteiger partial charge in [0.05, 0.1) is 0 Å². The van der Waals surface area contributed by atoms with E-state index in [2.05, 4.69) is 31.2 Å². The van der Waals surface area contributed by atoms with E-state index in [9.17, 15) is 13.2 Å². The van der Waals surface area contributed by atoms with Crippen LogP contribution in [0.15, 0.2) is 12.3 Å². The van der Waals surface area contributed by atoms with Crippen LogP contribution < -0.4 is 5.32 Å². The molecule has 0 spiro atoms. The van der Waals surface area contributed by atoms with Crippen LogP contribution in [-0.4, -0.2) is 21.9 Å². The number of halogens is 3. The van der Waals surface area contributed by atoms with Crippen molar-refractivity contribution in [2.45, 2.75) is 51.9 Å². The maximum absolute atomic E-state index is 12.3. The quantitative estimate of drug-likeness (QED) is 0.827. The molecule has 0 saturated carbocycles. The molecule has 0 aromatic carbocycles. The molecule has 1 aromatic heterocycles. The Hall–Kier alpha value is -1.04. The summed E-state index contributed by atoms with van der Waals surface area (Å²) in [6, 6.07) is 1.01. The van der Waals surface area contributed by atoms with Crippen LogP contribution >= 0.6 is 0 Å². The van der Waals surface area contributed by atoms with Gasteiger partial charge in [0.1, 0.15) is 0 Å². The Morgan fingerprint density at radius 3 is 2.39 bits per heavy atom. The van der Waals surface area contributed by atoms with E-state index in [1.165, 1.54) is 10.9 Å². The molecule has 0 aliphatic carbocycles. The van der Waals surface area contributed by atoms with Gasteiger partial charge >= 0.3 is 6.18 Å². The molecule has 0 atom stereocenters. The molecule has 0 aliphatic heterocycles. The van der Waals surface area contributed by atoms with Crippen LogP contribution in [0.3, 0.4) is 0 Å². The van der Waals surface area contributed by atoms with E-state index in [-0.39, 0.29) is 5.54 Å². The standard InChI is InChI=1S/C12H20F3N3/c1-11(2,3)16-7-4-5-8-18-9-6-10(17-18)12(13,14)15/h6,9,16H,4-5,7-8H2,1-3H3. The number of hydrogen-bond donors (Lipinski definition) is 1. The zero-order valence-electron chi connectivity index (χ0n) is 11.0. The number of rotatable bonds is 5. The summed E-state index contributed by atoms with van der Waals surface area (Å²) in [7, 11) is 0. The number of aryl methyl sites for hydroxylation is 1. The van der Waals surface area contributed by atoms with Gasteiger partial charge in [0.25, 0.3) is 0 Å². The molecule has 0 bridgehead atoms. The van der Waals surface area contributed by atoms with Gasteiger partial charge in [-0.2, -0.15) is 18.3 Å². The molecule has 1 rings (SSSR count). The highest BCUT2D eigenvalue weighted by Gasteiger charge is 2.33. The minimum atomic E-state index is -4.35. The van der Waals surface area contributed by atoms with Crippen molar-refractivity contribution in [2.75, 3.05) is 6.54 Å². The van der Waals surface area contributed by atoms with Crippen molar-refractivity contribution < 1.29 is 13.2 Å². The molecule has 0 amide bonds. The molecule has 3 nitrogen and oxygen atoms in total. The van der Waals surface area contributed by atoms with Crippen LogP contribution in [0.25, 0.3) is 0 Å². The summed E-state index contributed by atoms with van der Waals surface area (Å²) in [5.41, 5.74) is -0.745. The number of unbranched alkanes of at least 4 members (excludes halogenated alkanes) is 1. The van der Waals surface area contributed by atoms with E-state index in [0.29, 0.717) is 6.54 Å². The Morgan fingerprint density at radius 1 is 1.22 bits per heavy atom. The van der Waals surface area contributed by atoms with E-state index < -0.39 is 11.9 Å². The van der Waals surface area contributed by atoms with Gasteiger partial charge < -0.3 is 5.32 Å². The van der Waals surface area contributed by atoms with Crippen molar-refractivity contribution in [3.63, 3.8) is 0 Å². The largest absolute Gasteiger partial charge is 0.435 e. The zero-order valence-corrected chi connectivity index (χ0v) is 11.0. The van der Waals surface area contributed by atoms with Crippen molar-refractivity contribution in [1.82, 2.24) is 15.1 Å². The fraction of sp³-hybridized carbons (Fsp3) is 0.750. The smallest absolute Gasteiger partial charge is 0.312 e. The van der Waals surface area contributed by atoms with Gasteiger partial charge in [0.2, 0.25) is 0 Å². The van der Waals surface area contributed by atoms with Crippen molar-refractivity contribution in [3.05, 3.63) is 18.0 Å². The Bertz CT molecular complexity index is 363. The first-order valence-corrected chi connectivity index (χ1v) is 6.04. The maximum Gasteiger partial charge on any atom is 0.435 e. The normalized spacial score (nSPS) is 13.0. The van der Waals surface area contributed by atoms with Crippen LogP contribution in [0.5, 0.6) is 0 Å². The van der Waals surface area contributed by atoms with Crippen LogP contribution in [0.2, 0.25) is 0 Å². The second kappa shape index (κ2) is 5.73. The second-order valence-corrected chi connectivity index (χ2v) is 5.35. The summed E-state index contributed by atoms with van der Waals surface area (Å²) in [4.78, 5) is 0. The minimum absolute atomic E-state index is 0.0785. The minimum Gasteiger partial charge on any atom is -0.312 e. The van der Waals surface area contributed by atoms with Gasteiger partial charge in [0.15, 0.2) is 5.69 Å². The molecular formula is C12H20F3N3. The molecular weight excluding hydrogens is 243 g/mol. The zero-order chi connectivity index (χ0) is 13.8. The predicted molar refractivity (Wildman–Crippen MR) is 64.2 cm³/mol. The number of aromatic nitrogens is 2. The molecule has 1 heterocycles. The monoisotopic (exact) mass is 263 g/mol. The van der Waals surface area contributed by atoms with Crippen molar-refractivity contribution in [2.24, 2.45) is 0 Å². The van der Waals surface area contributed by atoms with Crippen LogP contribution in [0.1, 0.15) is 39.3 Å². The first-order chi connectivity index (χ1) is 8.18. The van der Waals surface area contributed by atoms with Crippen molar-refractivity contribution in [3.8, 4) is 0 Å². The van der Waals surface area contributed by atoms with Crippen LogP contribution in [0.4, 0.5) is 13.2 Å². The SMILES string of the molecule is CC(C)(C)NCCCCn1ccc(C(F)(F)F)n1. The Kier molecular flexibility index (Phi) is 4.78. The molecule has 1 N–H and O–H groups in total. The van der Waals surface area contributed by atoms with E-state index in [0.717, 1.165) is 25.5 Å². The second-order valence-electron chi connectivity index (χ2n) is 5.35. The highest BCUT2D eigenvalue weighted by atomic mass is 19.4. The third-order valence-corrected chi connectivity index (χ3v) is 2.40. The summed E-state index contributed by atoms with van der Waals surface area (Å²) >= 11 is 0. The van der Waals surface area contributed by atoms with Crippen LogP contribution in [-0.2, 0) is 12.7 Å². The third-order valence-electron chi connectivity index (χ3n) is 2.40. The van der Waals surface area contributed by atoms with Gasteiger partial charge in [0, 0.05) is 18.3 Å². The lowest BCUT2D eigenvalue weighted by atomic mass is 10.1. The van der Waals surface area contributed by atoms with Crippen molar-refractivity contribution in [1.29, 1.82) is 0 Å². The average molecular weight is 263 g/mol. The van der Waals surface area contributed by atoms with Gasteiger partial charge in [-0.05, 0) is 46.2 Å². The molecule has 104 valence electrons. The summed E-state index contributed by atoms with van der Waals surface area (Å²) < 4.78 is 38.2. The van der Waals surface area contributed by atoms with E-state index in [4.69, 9.17) is 0 Å². The maximum atomic E-state index is 12.3. The van der Waals surface area contributed by atoms with Gasteiger partial charge in [-0.25, -0.2) is 0 Å². The van der Waals surface area contributed by atoms with Crippen LogP contribution in [0, 0.1) is 0 Å². The Balaban J connectivity index is 2.26. The van der Waals surface area contributed by atoms with E-state index >= 15 is 0 Å². The molecule has 0 aliphatic rings. The average Bonchev–Trinajstić information content (AvgIpc) is 2.63. The Labute approximate surface area is 105 Å². The first-order valence-electron chi connectivity index (χ1n) is 6.04. The highest BCUT2D eigenvalue weighted by molar-refractivity contribution is 5.03. The number of nitrogens with one attached hydrogen (secondary N) is 1. The molecule has 0 fully saturated rings. The molecule has 18 heavy (non-hydrogen) atoms. The predicted octanol–water partition coefficient (Wildman–Crippen LogP) is 3.07. The summed E-state index contributed by atoms with van der Waals surface area (Å²) in [5.74, 6) is 0. The highest BCUT2D eigenvalue weighted by Crippen LogP contribution is 2.27. The number of hydrogen-bond acceptors (Lipinski definition) is 2. The molecule has 0 radical (unpaired) electrons. The lowest BCUT2D eigenvalue weighted by Crippen LogP contribution is -2.36. The molecule has 0 unspecified atom stereocenters. The number of alkyl halides is 3. The topological polar surface area (TPSA) is 29.9 Å². The summed E-state index contributed by atoms with van der Waals surface area (Å²) in [6.07, 6.45) is -1.25. The van der Waals surface area contributed by atoms with Gasteiger partial charge in [-0.1, -0.05) is 0 Å². The number of nitrogens with zero attached hydrogens (tertiary/aromatic N) is 2. The summed E-state index contributed by atoms with van der Waals surface area (Å²) in [5, 5.41) is 6.83. The van der Waals surface area contributed by atoms with E-state index in [1.807, 2.05) is 0 Å². The first kappa shape index (κ1) is 15.0. The van der Waals surface area contributed by atoms with Gasteiger partial charge in [-0.3, -0.25) is 4.68 Å². The van der Waals surface area contributed by atoms with E-state index in [1.54, 1.807) is 0 Å². The van der Waals surface area contributed by atoms with Crippen molar-refractivity contribution >= 4 is 0 Å². The fourth-order valence-corrected chi connectivity index (χ4v) is 1.50. The third kappa shape index (κ3) is 5.53. The summed E-state index contributed by atoms with van der Waals surface area (Å²) in [6.45, 7) is 7.61. The fourth-order valence-electron chi connectivity index (χ4n) is 1.50. The molecule has 1 aromatic rings. The molecule has 6 heteroatoms. The molecule has 0 saturated heterocycles. The lowest BCUT2D eigenvalue weighted by molar-refractivity contribution is -0.141. The lowest BCUT2D eigenvalue weighted by Gasteiger charge is -2.20.